The highest BCUT2D eigenvalue weighted by molar-refractivity contribution is 6.32. The lowest BCUT2D eigenvalue weighted by molar-refractivity contribution is 0.0371. The van der Waals surface area contributed by atoms with Gasteiger partial charge in [-0.1, -0.05) is 23.7 Å². The van der Waals surface area contributed by atoms with Gasteiger partial charge in [0.15, 0.2) is 11.5 Å². The summed E-state index contributed by atoms with van der Waals surface area (Å²) in [6.07, 6.45) is 1.26. The maximum Gasteiger partial charge on any atom is 0.361 e. The van der Waals surface area contributed by atoms with Gasteiger partial charge in [0.1, 0.15) is 18.1 Å². The average molecular weight is 446 g/mol. The Labute approximate surface area is 185 Å². The molecule has 0 aliphatic rings. The number of halogens is 1. The molecule has 1 amide bonds. The third kappa shape index (κ3) is 5.46. The molecule has 1 N–H and O–H groups in total. The van der Waals surface area contributed by atoms with Crippen LogP contribution >= 0.6 is 11.6 Å². The number of rotatable bonds is 8. The van der Waals surface area contributed by atoms with Crippen LogP contribution in [0, 0.1) is 6.92 Å². The quantitative estimate of drug-likeness (QED) is 0.498. The number of anilines is 1. The van der Waals surface area contributed by atoms with Crippen molar-refractivity contribution in [3.8, 4) is 5.75 Å². The molecular weight excluding hydrogens is 422 g/mol. The highest BCUT2D eigenvalue weighted by atomic mass is 35.5. The van der Waals surface area contributed by atoms with E-state index < -0.39 is 11.9 Å². The Morgan fingerprint density at radius 3 is 2.71 bits per heavy atom. The number of hydrogen-bond donors (Lipinski definition) is 1. The molecule has 164 valence electrons. The minimum atomic E-state index is -0.610. The molecule has 0 aliphatic heterocycles. The number of aryl methyl sites for hydroxylation is 2. The van der Waals surface area contributed by atoms with Crippen LogP contribution < -0.4 is 10.1 Å². The van der Waals surface area contributed by atoms with Crippen molar-refractivity contribution in [3.05, 3.63) is 64.3 Å². The second kappa shape index (κ2) is 9.70. The molecule has 2 heterocycles. The molecule has 0 saturated heterocycles. The van der Waals surface area contributed by atoms with Gasteiger partial charge in [0.25, 0.3) is 5.91 Å². The van der Waals surface area contributed by atoms with Crippen molar-refractivity contribution in [2.45, 2.75) is 47.0 Å². The molecule has 31 heavy (non-hydrogen) atoms. The zero-order valence-corrected chi connectivity index (χ0v) is 18.5. The Balaban J connectivity index is 1.70. The van der Waals surface area contributed by atoms with Crippen LogP contribution in [0.3, 0.4) is 0 Å². The number of furan rings is 1. The summed E-state index contributed by atoms with van der Waals surface area (Å²) < 4.78 is 18.1. The number of esters is 1. The number of aromatic nitrogens is 2. The average Bonchev–Trinajstić information content (AvgIpc) is 3.34. The van der Waals surface area contributed by atoms with Crippen molar-refractivity contribution >= 4 is 29.2 Å². The van der Waals surface area contributed by atoms with Gasteiger partial charge < -0.3 is 19.2 Å². The highest BCUT2D eigenvalue weighted by Crippen LogP contribution is 2.29. The predicted molar refractivity (Wildman–Crippen MR) is 116 cm³/mol. The van der Waals surface area contributed by atoms with Crippen LogP contribution in [-0.4, -0.2) is 27.8 Å². The van der Waals surface area contributed by atoms with Gasteiger partial charge in [-0.2, -0.15) is 5.10 Å². The molecule has 0 fully saturated rings. The fourth-order valence-corrected chi connectivity index (χ4v) is 3.08. The van der Waals surface area contributed by atoms with E-state index in [1.54, 1.807) is 36.9 Å². The van der Waals surface area contributed by atoms with E-state index in [2.05, 4.69) is 10.4 Å². The molecule has 3 aromatic rings. The number of carbonyl (C=O) groups excluding carboxylic acids is 2. The first-order valence-electron chi connectivity index (χ1n) is 9.84. The summed E-state index contributed by atoms with van der Waals surface area (Å²) in [6.45, 7) is 7.88. The zero-order valence-electron chi connectivity index (χ0n) is 17.8. The van der Waals surface area contributed by atoms with Crippen molar-refractivity contribution in [2.24, 2.45) is 0 Å². The first-order valence-corrected chi connectivity index (χ1v) is 10.2. The Hall–Kier alpha value is -3.26. The number of carbonyl (C=O) groups is 2. The number of nitrogens with one attached hydrogen (secondary N) is 1. The van der Waals surface area contributed by atoms with Gasteiger partial charge >= 0.3 is 5.97 Å². The second-order valence-electron chi connectivity index (χ2n) is 7.10. The van der Waals surface area contributed by atoms with Gasteiger partial charge in [-0.3, -0.25) is 9.48 Å². The highest BCUT2D eigenvalue weighted by Gasteiger charge is 2.22. The van der Waals surface area contributed by atoms with Crippen molar-refractivity contribution in [2.75, 3.05) is 5.32 Å². The largest absolute Gasteiger partial charge is 0.484 e. The third-order valence-corrected chi connectivity index (χ3v) is 4.58. The van der Waals surface area contributed by atoms with Crippen molar-refractivity contribution in [1.82, 2.24) is 9.78 Å². The lowest BCUT2D eigenvalue weighted by atomic mass is 10.2. The van der Waals surface area contributed by atoms with Gasteiger partial charge in [-0.05, 0) is 51.5 Å². The number of ether oxygens (including phenoxy) is 2. The van der Waals surface area contributed by atoms with E-state index in [9.17, 15) is 9.59 Å². The van der Waals surface area contributed by atoms with Crippen LogP contribution in [0.2, 0.25) is 5.02 Å². The van der Waals surface area contributed by atoms with E-state index >= 15 is 0 Å². The molecule has 9 heteroatoms. The molecule has 0 atom stereocenters. The molecule has 2 aromatic heterocycles. The molecule has 0 spiro atoms. The lowest BCUT2D eigenvalue weighted by Crippen LogP contribution is -2.17. The maximum absolute atomic E-state index is 12.6. The molecule has 0 radical (unpaired) electrons. The standard InChI is InChI=1S/C22H24ClN3O5/c1-5-26-11-17(19(25-26)22(28)30-13(2)3)24-21(27)18-10-9-15(31-18)12-29-20-14(4)7-6-8-16(20)23/h6-11,13H,5,12H2,1-4H3,(H,24,27). The first-order chi connectivity index (χ1) is 14.8. The summed E-state index contributed by atoms with van der Waals surface area (Å²) in [6, 6.07) is 8.64. The van der Waals surface area contributed by atoms with E-state index in [0.29, 0.717) is 23.1 Å². The van der Waals surface area contributed by atoms with Gasteiger partial charge in [0, 0.05) is 12.7 Å². The fourth-order valence-electron chi connectivity index (χ4n) is 2.80. The Bertz CT molecular complexity index is 1070. The van der Waals surface area contributed by atoms with E-state index in [1.807, 2.05) is 26.0 Å². The number of amides is 1. The Kier molecular flexibility index (Phi) is 7.02. The van der Waals surface area contributed by atoms with E-state index in [4.69, 9.17) is 25.5 Å². The second-order valence-corrected chi connectivity index (χ2v) is 7.50. The molecule has 8 nitrogen and oxygen atoms in total. The van der Waals surface area contributed by atoms with Gasteiger partial charge in [-0.15, -0.1) is 0 Å². The lowest BCUT2D eigenvalue weighted by Gasteiger charge is -2.09. The summed E-state index contributed by atoms with van der Waals surface area (Å²) >= 11 is 6.16. The monoisotopic (exact) mass is 445 g/mol. The summed E-state index contributed by atoms with van der Waals surface area (Å²) in [7, 11) is 0. The number of nitrogens with zero attached hydrogens (tertiary/aromatic N) is 2. The van der Waals surface area contributed by atoms with Crippen molar-refractivity contribution in [1.29, 1.82) is 0 Å². The van der Waals surface area contributed by atoms with Crippen LogP contribution in [0.5, 0.6) is 5.75 Å². The normalized spacial score (nSPS) is 10.9. The Morgan fingerprint density at radius 2 is 2.03 bits per heavy atom. The van der Waals surface area contributed by atoms with E-state index in [0.717, 1.165) is 5.56 Å². The minimum absolute atomic E-state index is 0.0354. The molecule has 0 unspecified atom stereocenters. The van der Waals surface area contributed by atoms with Gasteiger partial charge in [0.05, 0.1) is 16.8 Å². The first kappa shape index (κ1) is 22.4. The third-order valence-electron chi connectivity index (χ3n) is 4.28. The smallest absolute Gasteiger partial charge is 0.361 e. The molecule has 3 rings (SSSR count). The van der Waals surface area contributed by atoms with Crippen LogP contribution in [0.15, 0.2) is 40.9 Å². The van der Waals surface area contributed by atoms with Gasteiger partial charge in [0.2, 0.25) is 0 Å². The van der Waals surface area contributed by atoms with Crippen LogP contribution in [0.1, 0.15) is 53.1 Å². The van der Waals surface area contributed by atoms with E-state index in [-0.39, 0.29) is 29.9 Å². The summed E-state index contributed by atoms with van der Waals surface area (Å²) in [4.78, 5) is 25.0. The predicted octanol–water partition coefficient (Wildman–Crippen LogP) is 4.85. The van der Waals surface area contributed by atoms with Crippen LogP contribution in [-0.2, 0) is 17.9 Å². The Morgan fingerprint density at radius 1 is 1.26 bits per heavy atom. The molecule has 0 bridgehead atoms. The number of para-hydroxylation sites is 1. The minimum Gasteiger partial charge on any atom is -0.484 e. The molecule has 1 aromatic carbocycles. The van der Waals surface area contributed by atoms with Crippen molar-refractivity contribution in [3.63, 3.8) is 0 Å². The van der Waals surface area contributed by atoms with Gasteiger partial charge in [-0.25, -0.2) is 4.79 Å². The molecular formula is C22H24ClN3O5. The number of hydrogen-bond acceptors (Lipinski definition) is 6. The van der Waals surface area contributed by atoms with E-state index in [1.165, 1.54) is 6.07 Å². The summed E-state index contributed by atoms with van der Waals surface area (Å²) in [5.41, 5.74) is 1.18. The maximum atomic E-state index is 12.6. The number of benzene rings is 1. The molecule has 0 saturated carbocycles. The summed E-state index contributed by atoms with van der Waals surface area (Å²) in [5.74, 6) is -0.0440. The SMILES string of the molecule is CCn1cc(NC(=O)c2ccc(COc3c(C)cccc3Cl)o2)c(C(=O)OC(C)C)n1. The van der Waals surface area contributed by atoms with Crippen molar-refractivity contribution < 1.29 is 23.5 Å². The van der Waals surface area contributed by atoms with Crippen LogP contribution in [0.4, 0.5) is 5.69 Å². The topological polar surface area (TPSA) is 95.6 Å². The molecule has 0 aliphatic carbocycles. The zero-order chi connectivity index (χ0) is 22.5. The summed E-state index contributed by atoms with van der Waals surface area (Å²) in [5, 5.41) is 7.34. The van der Waals surface area contributed by atoms with Crippen LogP contribution in [0.25, 0.3) is 0 Å². The fraction of sp³-hybridized carbons (Fsp3) is 0.318.